The molecule has 0 spiro atoms. The number of nitrogen functional groups attached to an aromatic ring is 1. The Labute approximate surface area is 123 Å². The number of hydrogen-bond donors (Lipinski definition) is 1. The second kappa shape index (κ2) is 5.44. The van der Waals surface area contributed by atoms with Crippen LogP contribution in [-0.4, -0.2) is 17.6 Å². The summed E-state index contributed by atoms with van der Waals surface area (Å²) >= 11 is 0. The average molecular weight is 309 g/mol. The van der Waals surface area contributed by atoms with Gasteiger partial charge < -0.3 is 15.0 Å². The molecule has 0 amide bonds. The van der Waals surface area contributed by atoms with Crippen LogP contribution < -0.4 is 5.73 Å². The number of halogens is 3. The first-order chi connectivity index (χ1) is 10.3. The number of ether oxygens (including phenoxy) is 1. The molecule has 22 heavy (non-hydrogen) atoms. The van der Waals surface area contributed by atoms with Crippen LogP contribution >= 0.6 is 0 Å². The fourth-order valence-corrected chi connectivity index (χ4v) is 1.93. The van der Waals surface area contributed by atoms with Gasteiger partial charge >= 0.3 is 12.1 Å². The van der Waals surface area contributed by atoms with E-state index >= 15 is 0 Å². The second-order valence-corrected chi connectivity index (χ2v) is 4.32. The van der Waals surface area contributed by atoms with Gasteiger partial charge in [-0.15, -0.1) is 0 Å². The van der Waals surface area contributed by atoms with Gasteiger partial charge in [-0.05, 0) is 24.3 Å². The van der Waals surface area contributed by atoms with Crippen molar-refractivity contribution in [2.45, 2.75) is 6.18 Å². The third-order valence-electron chi connectivity index (χ3n) is 3.02. The van der Waals surface area contributed by atoms with Gasteiger partial charge in [-0.25, -0.2) is 4.79 Å². The van der Waals surface area contributed by atoms with Crippen LogP contribution in [0.25, 0.3) is 5.69 Å². The van der Waals surface area contributed by atoms with Crippen molar-refractivity contribution in [3.8, 4) is 11.8 Å². The highest BCUT2D eigenvalue weighted by Gasteiger charge is 2.30. The Morgan fingerprint density at radius 1 is 1.32 bits per heavy atom. The minimum absolute atomic E-state index is 0.0281. The molecule has 2 N–H and O–H groups in total. The maximum absolute atomic E-state index is 12.6. The number of aromatic nitrogens is 1. The molecule has 0 saturated carbocycles. The molecule has 2 rings (SSSR count). The molecule has 0 aliphatic rings. The smallest absolute Gasteiger partial charge is 0.416 e. The third-order valence-corrected chi connectivity index (χ3v) is 3.02. The molecule has 0 aliphatic heterocycles. The van der Waals surface area contributed by atoms with E-state index in [0.717, 1.165) is 19.2 Å². The van der Waals surface area contributed by atoms with Crippen molar-refractivity contribution in [1.82, 2.24) is 4.57 Å². The molecule has 0 atom stereocenters. The molecule has 0 bridgehead atoms. The van der Waals surface area contributed by atoms with Gasteiger partial charge in [0.15, 0.2) is 5.69 Å². The Morgan fingerprint density at radius 3 is 2.36 bits per heavy atom. The lowest BCUT2D eigenvalue weighted by molar-refractivity contribution is -0.137. The first-order valence-corrected chi connectivity index (χ1v) is 5.96. The fraction of sp³-hybridized carbons (Fsp3) is 0.143. The van der Waals surface area contributed by atoms with E-state index in [2.05, 4.69) is 4.74 Å². The molecule has 8 heteroatoms. The van der Waals surface area contributed by atoms with Gasteiger partial charge in [0.2, 0.25) is 0 Å². The molecule has 0 fully saturated rings. The van der Waals surface area contributed by atoms with Crippen LogP contribution in [0.1, 0.15) is 21.6 Å². The van der Waals surface area contributed by atoms with E-state index in [4.69, 9.17) is 11.0 Å². The van der Waals surface area contributed by atoms with E-state index in [9.17, 15) is 18.0 Å². The first-order valence-electron chi connectivity index (χ1n) is 5.96. The van der Waals surface area contributed by atoms with Crippen molar-refractivity contribution in [3.05, 3.63) is 47.3 Å². The minimum Gasteiger partial charge on any atom is -0.464 e. The van der Waals surface area contributed by atoms with Gasteiger partial charge in [0.1, 0.15) is 6.07 Å². The summed E-state index contributed by atoms with van der Waals surface area (Å²) in [6.07, 6.45) is -3.19. The number of anilines is 1. The molecule has 114 valence electrons. The quantitative estimate of drug-likeness (QED) is 0.865. The van der Waals surface area contributed by atoms with Crippen molar-refractivity contribution in [1.29, 1.82) is 5.26 Å². The van der Waals surface area contributed by atoms with Crippen LogP contribution in [0.2, 0.25) is 0 Å². The van der Waals surface area contributed by atoms with Crippen molar-refractivity contribution in [2.75, 3.05) is 12.8 Å². The molecular weight excluding hydrogens is 299 g/mol. The summed E-state index contributed by atoms with van der Waals surface area (Å²) in [5.41, 5.74) is 4.96. The summed E-state index contributed by atoms with van der Waals surface area (Å²) in [5.74, 6) is -0.793. The van der Waals surface area contributed by atoms with Crippen molar-refractivity contribution < 1.29 is 22.7 Å². The highest BCUT2D eigenvalue weighted by molar-refractivity contribution is 5.95. The molecule has 5 nitrogen and oxygen atoms in total. The van der Waals surface area contributed by atoms with E-state index < -0.39 is 17.7 Å². The third kappa shape index (κ3) is 2.61. The number of benzene rings is 1. The van der Waals surface area contributed by atoms with Crippen LogP contribution in [0.5, 0.6) is 0 Å². The van der Waals surface area contributed by atoms with Gasteiger partial charge in [-0.2, -0.15) is 18.4 Å². The summed E-state index contributed by atoms with van der Waals surface area (Å²) < 4.78 is 43.5. The first kappa shape index (κ1) is 15.4. The second-order valence-electron chi connectivity index (χ2n) is 4.32. The van der Waals surface area contributed by atoms with Gasteiger partial charge in [0, 0.05) is 11.9 Å². The highest BCUT2D eigenvalue weighted by Crippen LogP contribution is 2.31. The SMILES string of the molecule is COC(=O)c1c(N)c(C#N)cn1-c1ccc(C(F)(F)F)cc1. The van der Waals surface area contributed by atoms with E-state index in [1.54, 1.807) is 6.07 Å². The lowest BCUT2D eigenvalue weighted by Gasteiger charge is -2.10. The molecule has 0 radical (unpaired) electrons. The predicted molar refractivity (Wildman–Crippen MR) is 71.2 cm³/mol. The normalized spacial score (nSPS) is 11.0. The van der Waals surface area contributed by atoms with E-state index in [0.29, 0.717) is 0 Å². The number of nitriles is 1. The van der Waals surface area contributed by atoms with Crippen LogP contribution in [0, 0.1) is 11.3 Å². The lowest BCUT2D eigenvalue weighted by Crippen LogP contribution is -2.11. The molecule has 1 aromatic heterocycles. The summed E-state index contributed by atoms with van der Waals surface area (Å²) in [7, 11) is 1.14. The number of hydrogen-bond acceptors (Lipinski definition) is 4. The Hall–Kier alpha value is -2.95. The molecular formula is C14H10F3N3O2. The molecule has 1 heterocycles. The Bertz CT molecular complexity index is 755. The van der Waals surface area contributed by atoms with Gasteiger partial charge in [-0.3, -0.25) is 0 Å². The molecule has 0 unspecified atom stereocenters. The summed E-state index contributed by atoms with van der Waals surface area (Å²) in [6, 6.07) is 5.91. The monoisotopic (exact) mass is 309 g/mol. The number of carbonyl (C=O) groups excluding carboxylic acids is 1. The molecule has 0 aliphatic carbocycles. The number of nitrogens with zero attached hydrogens (tertiary/aromatic N) is 2. The van der Waals surface area contributed by atoms with Crippen LogP contribution in [0.4, 0.5) is 18.9 Å². The van der Waals surface area contributed by atoms with Crippen molar-refractivity contribution in [2.24, 2.45) is 0 Å². The summed E-state index contributed by atoms with van der Waals surface area (Å²) in [4.78, 5) is 11.8. The maximum atomic E-state index is 12.6. The standard InChI is InChI=1S/C14H10F3N3O2/c1-22-13(21)12-11(19)8(6-18)7-20(12)10-4-2-9(3-5-10)14(15,16)17/h2-5,7H,19H2,1H3. The van der Waals surface area contributed by atoms with Crippen LogP contribution in [-0.2, 0) is 10.9 Å². The lowest BCUT2D eigenvalue weighted by atomic mass is 10.2. The Morgan fingerprint density at radius 2 is 1.91 bits per heavy atom. The van der Waals surface area contributed by atoms with Crippen molar-refractivity contribution in [3.63, 3.8) is 0 Å². The van der Waals surface area contributed by atoms with Gasteiger partial charge in [-0.1, -0.05) is 0 Å². The number of carbonyl (C=O) groups is 1. The van der Waals surface area contributed by atoms with Crippen LogP contribution in [0.3, 0.4) is 0 Å². The zero-order valence-electron chi connectivity index (χ0n) is 11.3. The molecule has 2 aromatic rings. The fourth-order valence-electron chi connectivity index (χ4n) is 1.93. The van der Waals surface area contributed by atoms with Gasteiger partial charge in [0.25, 0.3) is 0 Å². The number of nitrogens with two attached hydrogens (primary N) is 1. The predicted octanol–water partition coefficient (Wildman–Crippen LogP) is 2.74. The topological polar surface area (TPSA) is 81.0 Å². The zero-order valence-corrected chi connectivity index (χ0v) is 11.3. The van der Waals surface area contributed by atoms with E-state index in [1.807, 2.05) is 0 Å². The van der Waals surface area contributed by atoms with Crippen molar-refractivity contribution >= 4 is 11.7 Å². The van der Waals surface area contributed by atoms with Crippen LogP contribution in [0.15, 0.2) is 30.5 Å². The molecule has 0 saturated heterocycles. The average Bonchev–Trinajstić information content (AvgIpc) is 2.82. The minimum atomic E-state index is -4.46. The van der Waals surface area contributed by atoms with Gasteiger partial charge in [0.05, 0.1) is 23.9 Å². The van der Waals surface area contributed by atoms with E-state index in [1.165, 1.54) is 22.9 Å². The van der Waals surface area contributed by atoms with E-state index in [-0.39, 0.29) is 22.6 Å². The number of esters is 1. The zero-order chi connectivity index (χ0) is 16.5. The Kier molecular flexibility index (Phi) is 3.82. The highest BCUT2D eigenvalue weighted by atomic mass is 19.4. The summed E-state index contributed by atoms with van der Waals surface area (Å²) in [5, 5.41) is 8.96. The number of alkyl halides is 3. The largest absolute Gasteiger partial charge is 0.464 e. The molecule has 1 aromatic carbocycles. The Balaban J connectivity index is 2.58. The number of rotatable bonds is 2. The maximum Gasteiger partial charge on any atom is 0.416 e. The number of methoxy groups -OCH3 is 1. The summed E-state index contributed by atoms with van der Waals surface area (Å²) in [6.45, 7) is 0.